The Bertz CT molecular complexity index is 1230. The summed E-state index contributed by atoms with van der Waals surface area (Å²) in [7, 11) is 1.65. The summed E-state index contributed by atoms with van der Waals surface area (Å²) in [6.45, 7) is 1.55. The van der Waals surface area contributed by atoms with E-state index in [9.17, 15) is 4.79 Å². The number of nitrogens with zero attached hydrogens (tertiary/aromatic N) is 4. The van der Waals surface area contributed by atoms with Crippen molar-refractivity contribution in [2.24, 2.45) is 5.92 Å². The average Bonchev–Trinajstić information content (AvgIpc) is 3.32. The summed E-state index contributed by atoms with van der Waals surface area (Å²) in [5.74, 6) is 1.74. The molecule has 8 nitrogen and oxygen atoms in total. The van der Waals surface area contributed by atoms with E-state index in [1.165, 1.54) is 0 Å². The van der Waals surface area contributed by atoms with E-state index in [2.05, 4.69) is 30.4 Å². The molecule has 1 aliphatic heterocycles. The van der Waals surface area contributed by atoms with E-state index < -0.39 is 0 Å². The van der Waals surface area contributed by atoms with Gasteiger partial charge >= 0.3 is 0 Å². The van der Waals surface area contributed by atoms with Crippen LogP contribution in [-0.4, -0.2) is 46.3 Å². The molecule has 2 N–H and O–H groups in total. The molecule has 0 radical (unpaired) electrons. The van der Waals surface area contributed by atoms with Crippen LogP contribution in [0.25, 0.3) is 22.2 Å². The van der Waals surface area contributed by atoms with Gasteiger partial charge in [0.15, 0.2) is 0 Å². The molecule has 5 rings (SSSR count). The van der Waals surface area contributed by atoms with Gasteiger partial charge in [0.1, 0.15) is 17.9 Å². The van der Waals surface area contributed by atoms with Gasteiger partial charge in [-0.1, -0.05) is 0 Å². The van der Waals surface area contributed by atoms with Crippen LogP contribution in [0.1, 0.15) is 12.8 Å². The standard InChI is InChI=1S/C24H24N6O2/c1-32-20-6-3-16(4-7-20)21-13-23(26-15-25-21)30-10-8-17(9-11-30)24(31)28-19-5-2-18-14-27-29-22(18)12-19/h2-7,12-15,17H,8-11H2,1H3,(H,27,29)(H,28,31). The Balaban J connectivity index is 1.21. The predicted molar refractivity (Wildman–Crippen MR) is 124 cm³/mol. The summed E-state index contributed by atoms with van der Waals surface area (Å²) >= 11 is 0. The Morgan fingerprint density at radius 1 is 1.09 bits per heavy atom. The third-order valence-corrected chi connectivity index (χ3v) is 5.94. The number of amides is 1. The van der Waals surface area contributed by atoms with Crippen LogP contribution in [0.4, 0.5) is 11.5 Å². The van der Waals surface area contributed by atoms with Crippen LogP contribution >= 0.6 is 0 Å². The van der Waals surface area contributed by atoms with Crippen LogP contribution in [0, 0.1) is 5.92 Å². The molecule has 1 amide bonds. The number of ether oxygens (including phenoxy) is 1. The van der Waals surface area contributed by atoms with E-state index in [-0.39, 0.29) is 11.8 Å². The quantitative estimate of drug-likeness (QED) is 0.501. The number of hydrogen-bond acceptors (Lipinski definition) is 6. The van der Waals surface area contributed by atoms with Crippen LogP contribution in [-0.2, 0) is 4.79 Å². The van der Waals surface area contributed by atoms with E-state index in [0.29, 0.717) is 0 Å². The maximum atomic E-state index is 12.8. The highest BCUT2D eigenvalue weighted by Crippen LogP contribution is 2.27. The second-order valence-electron chi connectivity index (χ2n) is 7.91. The van der Waals surface area contributed by atoms with E-state index in [1.807, 2.05) is 48.5 Å². The van der Waals surface area contributed by atoms with Crippen LogP contribution in [0.3, 0.4) is 0 Å². The first kappa shape index (κ1) is 20.0. The Kier molecular flexibility index (Phi) is 5.41. The number of rotatable bonds is 5. The largest absolute Gasteiger partial charge is 0.497 e. The Labute approximate surface area is 185 Å². The number of nitrogens with one attached hydrogen (secondary N) is 2. The summed E-state index contributed by atoms with van der Waals surface area (Å²) in [4.78, 5) is 23.9. The lowest BCUT2D eigenvalue weighted by Gasteiger charge is -2.32. The molecule has 4 aromatic rings. The van der Waals surface area contributed by atoms with Gasteiger partial charge in [0, 0.05) is 41.7 Å². The maximum absolute atomic E-state index is 12.8. The third-order valence-electron chi connectivity index (χ3n) is 5.94. The first-order valence-electron chi connectivity index (χ1n) is 10.6. The number of piperidine rings is 1. The summed E-state index contributed by atoms with van der Waals surface area (Å²) in [5, 5.41) is 11.0. The van der Waals surface area contributed by atoms with Crippen molar-refractivity contribution in [3.63, 3.8) is 0 Å². The minimum Gasteiger partial charge on any atom is -0.497 e. The molecule has 2 aromatic carbocycles. The molecule has 0 aliphatic carbocycles. The van der Waals surface area contributed by atoms with Gasteiger partial charge in [-0.3, -0.25) is 9.89 Å². The van der Waals surface area contributed by atoms with E-state index >= 15 is 0 Å². The smallest absolute Gasteiger partial charge is 0.227 e. The first-order chi connectivity index (χ1) is 15.7. The molecular formula is C24H24N6O2. The molecule has 1 fully saturated rings. The highest BCUT2D eigenvalue weighted by Gasteiger charge is 2.26. The molecule has 0 bridgehead atoms. The molecule has 1 aliphatic rings. The monoisotopic (exact) mass is 428 g/mol. The number of hydrogen-bond donors (Lipinski definition) is 2. The lowest BCUT2D eigenvalue weighted by molar-refractivity contribution is -0.120. The maximum Gasteiger partial charge on any atom is 0.227 e. The zero-order valence-electron chi connectivity index (χ0n) is 17.8. The predicted octanol–water partition coefficient (Wildman–Crippen LogP) is 3.88. The van der Waals surface area contributed by atoms with Gasteiger partial charge < -0.3 is 15.0 Å². The van der Waals surface area contributed by atoms with Crippen molar-refractivity contribution in [2.45, 2.75) is 12.8 Å². The molecule has 1 saturated heterocycles. The van der Waals surface area contributed by atoms with Crippen LogP contribution < -0.4 is 15.0 Å². The summed E-state index contributed by atoms with van der Waals surface area (Å²) in [6.07, 6.45) is 4.92. The van der Waals surface area contributed by atoms with Gasteiger partial charge in [0.05, 0.1) is 24.5 Å². The molecule has 32 heavy (non-hydrogen) atoms. The van der Waals surface area contributed by atoms with Crippen LogP contribution in [0.5, 0.6) is 5.75 Å². The Morgan fingerprint density at radius 3 is 2.69 bits per heavy atom. The van der Waals surface area contributed by atoms with Crippen molar-refractivity contribution in [1.29, 1.82) is 0 Å². The van der Waals surface area contributed by atoms with Gasteiger partial charge in [-0.15, -0.1) is 0 Å². The van der Waals surface area contributed by atoms with Gasteiger partial charge in [-0.2, -0.15) is 5.10 Å². The number of fused-ring (bicyclic) bond motifs is 1. The molecule has 0 spiro atoms. The second kappa shape index (κ2) is 8.66. The van der Waals surface area contributed by atoms with Crippen LogP contribution in [0.15, 0.2) is 61.1 Å². The minimum atomic E-state index is -0.0217. The number of carbonyl (C=O) groups is 1. The highest BCUT2D eigenvalue weighted by atomic mass is 16.5. The first-order valence-corrected chi connectivity index (χ1v) is 10.6. The zero-order valence-corrected chi connectivity index (χ0v) is 17.8. The molecule has 0 atom stereocenters. The molecular weight excluding hydrogens is 404 g/mol. The number of anilines is 2. The Hall–Kier alpha value is -3.94. The number of carbonyl (C=O) groups excluding carboxylic acids is 1. The summed E-state index contributed by atoms with van der Waals surface area (Å²) < 4.78 is 5.23. The lowest BCUT2D eigenvalue weighted by Crippen LogP contribution is -2.38. The summed E-state index contributed by atoms with van der Waals surface area (Å²) in [5.41, 5.74) is 3.58. The van der Waals surface area contributed by atoms with Gasteiger partial charge in [0.25, 0.3) is 0 Å². The van der Waals surface area contributed by atoms with Crippen LogP contribution in [0.2, 0.25) is 0 Å². The van der Waals surface area contributed by atoms with Crippen molar-refractivity contribution < 1.29 is 9.53 Å². The van der Waals surface area contributed by atoms with Gasteiger partial charge in [0.2, 0.25) is 5.91 Å². The number of H-pyrrole nitrogens is 1. The fraction of sp³-hybridized carbons (Fsp3) is 0.250. The summed E-state index contributed by atoms with van der Waals surface area (Å²) in [6, 6.07) is 15.6. The third kappa shape index (κ3) is 4.12. The van der Waals surface area contributed by atoms with Gasteiger partial charge in [-0.05, 0) is 55.3 Å². The number of benzene rings is 2. The molecule has 0 unspecified atom stereocenters. The van der Waals surface area contributed by atoms with E-state index in [0.717, 1.165) is 65.3 Å². The van der Waals surface area contributed by atoms with Crippen molar-refractivity contribution in [2.75, 3.05) is 30.4 Å². The molecule has 8 heteroatoms. The SMILES string of the molecule is COc1ccc(-c2cc(N3CCC(C(=O)Nc4ccc5cn[nH]c5c4)CC3)ncn2)cc1. The number of aromatic amines is 1. The number of methoxy groups -OCH3 is 1. The minimum absolute atomic E-state index is 0.0217. The molecule has 162 valence electrons. The van der Waals surface area contributed by atoms with E-state index in [1.54, 1.807) is 19.6 Å². The average molecular weight is 428 g/mol. The van der Waals surface area contributed by atoms with Crippen molar-refractivity contribution in [3.05, 3.63) is 61.1 Å². The van der Waals surface area contributed by atoms with Gasteiger partial charge in [-0.25, -0.2) is 9.97 Å². The number of aromatic nitrogens is 4. The van der Waals surface area contributed by atoms with Crippen molar-refractivity contribution >= 4 is 28.3 Å². The highest BCUT2D eigenvalue weighted by molar-refractivity contribution is 5.95. The topological polar surface area (TPSA) is 96.0 Å². The fourth-order valence-electron chi connectivity index (χ4n) is 4.07. The van der Waals surface area contributed by atoms with Crippen molar-refractivity contribution in [3.8, 4) is 17.0 Å². The molecule has 2 aromatic heterocycles. The van der Waals surface area contributed by atoms with E-state index in [4.69, 9.17) is 4.74 Å². The lowest BCUT2D eigenvalue weighted by atomic mass is 9.95. The fourth-order valence-corrected chi connectivity index (χ4v) is 4.07. The normalized spacial score (nSPS) is 14.5. The molecule has 3 heterocycles. The Morgan fingerprint density at radius 2 is 1.91 bits per heavy atom. The van der Waals surface area contributed by atoms with Crippen molar-refractivity contribution in [1.82, 2.24) is 20.2 Å². The molecule has 0 saturated carbocycles. The second-order valence-corrected chi connectivity index (χ2v) is 7.91. The zero-order chi connectivity index (χ0) is 21.9.